The molecule has 0 radical (unpaired) electrons. The van der Waals surface area contributed by atoms with Crippen LogP contribution < -0.4 is 15.3 Å². The SMILES string of the molecule is CN(C)[C@@H]1CCN(c2ccc(Nc3ncc(C(F)(F)F)c(N4OCC[C@H]4c4ccccc4)n3)cc2)C1. The molecule has 2 aliphatic heterocycles. The van der Waals surface area contributed by atoms with Crippen molar-refractivity contribution in [2.24, 2.45) is 0 Å². The smallest absolute Gasteiger partial charge is 0.370 e. The Morgan fingerprint density at radius 1 is 1.03 bits per heavy atom. The number of benzene rings is 2. The second-order valence-corrected chi connectivity index (χ2v) is 9.33. The monoisotopic (exact) mass is 498 g/mol. The Morgan fingerprint density at radius 2 is 1.78 bits per heavy atom. The summed E-state index contributed by atoms with van der Waals surface area (Å²) < 4.78 is 41.6. The van der Waals surface area contributed by atoms with Gasteiger partial charge in [0.25, 0.3) is 0 Å². The number of aromatic nitrogens is 2. The summed E-state index contributed by atoms with van der Waals surface area (Å²) in [4.78, 5) is 18.4. The topological polar surface area (TPSA) is 56.8 Å². The molecule has 1 aromatic heterocycles. The molecule has 0 bridgehead atoms. The Morgan fingerprint density at radius 3 is 2.44 bits per heavy atom. The third-order valence-corrected chi connectivity index (χ3v) is 6.75. The van der Waals surface area contributed by atoms with Crippen molar-refractivity contribution in [3.63, 3.8) is 0 Å². The first-order chi connectivity index (χ1) is 17.3. The molecule has 2 atom stereocenters. The van der Waals surface area contributed by atoms with Crippen LogP contribution in [0, 0.1) is 0 Å². The van der Waals surface area contributed by atoms with E-state index in [2.05, 4.69) is 39.2 Å². The third kappa shape index (κ3) is 5.10. The number of likely N-dealkylation sites (N-methyl/N-ethyl adjacent to an activating group) is 1. The van der Waals surface area contributed by atoms with Crippen LogP contribution in [0.3, 0.4) is 0 Å². The highest BCUT2D eigenvalue weighted by Crippen LogP contribution is 2.41. The average molecular weight is 499 g/mol. The maximum atomic E-state index is 13.9. The molecule has 0 amide bonds. The maximum Gasteiger partial charge on any atom is 0.421 e. The molecule has 2 aromatic carbocycles. The summed E-state index contributed by atoms with van der Waals surface area (Å²) in [6, 6.07) is 17.3. The van der Waals surface area contributed by atoms with Crippen LogP contribution in [-0.2, 0) is 11.0 Å². The summed E-state index contributed by atoms with van der Waals surface area (Å²) in [6.07, 6.45) is -2.14. The number of nitrogens with one attached hydrogen (secondary N) is 1. The minimum absolute atomic E-state index is 0.0712. The molecule has 3 heterocycles. The van der Waals surface area contributed by atoms with Crippen molar-refractivity contribution in [2.75, 3.05) is 49.1 Å². The molecule has 2 aliphatic rings. The van der Waals surface area contributed by atoms with Gasteiger partial charge >= 0.3 is 6.18 Å². The molecule has 5 rings (SSSR count). The molecule has 2 saturated heterocycles. The van der Waals surface area contributed by atoms with Crippen LogP contribution >= 0.6 is 0 Å². The van der Waals surface area contributed by atoms with Gasteiger partial charge in [0.2, 0.25) is 5.95 Å². The molecule has 0 spiro atoms. The second-order valence-electron chi connectivity index (χ2n) is 9.33. The Kier molecular flexibility index (Phi) is 6.72. The van der Waals surface area contributed by atoms with Gasteiger partial charge in [0.05, 0.1) is 12.6 Å². The first-order valence-electron chi connectivity index (χ1n) is 12.0. The number of rotatable bonds is 6. The van der Waals surface area contributed by atoms with Gasteiger partial charge in [-0.15, -0.1) is 0 Å². The molecule has 10 heteroatoms. The highest BCUT2D eigenvalue weighted by Gasteiger charge is 2.40. The maximum absolute atomic E-state index is 13.9. The van der Waals surface area contributed by atoms with Gasteiger partial charge in [-0.2, -0.15) is 18.2 Å². The minimum atomic E-state index is -4.62. The van der Waals surface area contributed by atoms with Crippen LogP contribution in [0.4, 0.5) is 36.3 Å². The lowest BCUT2D eigenvalue weighted by atomic mass is 10.0. The van der Waals surface area contributed by atoms with Crippen molar-refractivity contribution < 1.29 is 18.0 Å². The summed E-state index contributed by atoms with van der Waals surface area (Å²) in [5, 5.41) is 4.31. The van der Waals surface area contributed by atoms with Gasteiger partial charge in [0.15, 0.2) is 5.82 Å². The van der Waals surface area contributed by atoms with E-state index in [1.54, 1.807) is 0 Å². The summed E-state index contributed by atoms with van der Waals surface area (Å²) in [5.74, 6) is -0.225. The predicted molar refractivity (Wildman–Crippen MR) is 133 cm³/mol. The first-order valence-corrected chi connectivity index (χ1v) is 12.0. The average Bonchev–Trinajstić information content (AvgIpc) is 3.55. The fourth-order valence-electron chi connectivity index (χ4n) is 4.74. The van der Waals surface area contributed by atoms with Crippen molar-refractivity contribution >= 4 is 23.1 Å². The Balaban J connectivity index is 1.38. The zero-order valence-electron chi connectivity index (χ0n) is 20.2. The van der Waals surface area contributed by atoms with E-state index in [4.69, 9.17) is 4.84 Å². The zero-order chi connectivity index (χ0) is 25.3. The fraction of sp³-hybridized carbons (Fsp3) is 0.385. The summed E-state index contributed by atoms with van der Waals surface area (Å²) in [7, 11) is 4.18. The van der Waals surface area contributed by atoms with Crippen LogP contribution in [0.5, 0.6) is 0 Å². The largest absolute Gasteiger partial charge is 0.421 e. The molecule has 1 N–H and O–H groups in total. The molecule has 36 heavy (non-hydrogen) atoms. The van der Waals surface area contributed by atoms with E-state index in [1.165, 1.54) is 5.06 Å². The fourth-order valence-corrected chi connectivity index (χ4v) is 4.74. The van der Waals surface area contributed by atoms with Gasteiger partial charge in [0, 0.05) is 43.1 Å². The minimum Gasteiger partial charge on any atom is -0.370 e. The number of hydrogen-bond acceptors (Lipinski definition) is 7. The second kappa shape index (κ2) is 9.94. The lowest BCUT2D eigenvalue weighted by Gasteiger charge is -2.26. The normalized spacial score (nSPS) is 20.4. The van der Waals surface area contributed by atoms with Crippen molar-refractivity contribution in [3.05, 3.63) is 71.9 Å². The van der Waals surface area contributed by atoms with E-state index in [0.29, 0.717) is 24.8 Å². The molecule has 3 aromatic rings. The van der Waals surface area contributed by atoms with Crippen LogP contribution in [0.25, 0.3) is 0 Å². The van der Waals surface area contributed by atoms with Gasteiger partial charge in [-0.1, -0.05) is 30.3 Å². The van der Waals surface area contributed by atoms with Crippen LogP contribution in [0.15, 0.2) is 60.8 Å². The molecular weight excluding hydrogens is 469 g/mol. The zero-order valence-corrected chi connectivity index (χ0v) is 20.2. The third-order valence-electron chi connectivity index (χ3n) is 6.75. The molecule has 0 aliphatic carbocycles. The van der Waals surface area contributed by atoms with Crippen molar-refractivity contribution in [1.29, 1.82) is 0 Å². The van der Waals surface area contributed by atoms with E-state index in [9.17, 15) is 13.2 Å². The van der Waals surface area contributed by atoms with E-state index in [0.717, 1.165) is 37.0 Å². The first kappa shape index (κ1) is 24.3. The van der Waals surface area contributed by atoms with E-state index in [1.807, 2.05) is 54.6 Å². The highest BCUT2D eigenvalue weighted by molar-refractivity contribution is 5.61. The van der Waals surface area contributed by atoms with Crippen molar-refractivity contribution in [2.45, 2.75) is 31.1 Å². The number of hydroxylamine groups is 1. The van der Waals surface area contributed by atoms with Crippen molar-refractivity contribution in [3.8, 4) is 0 Å². The Hall–Kier alpha value is -3.37. The van der Waals surface area contributed by atoms with Crippen molar-refractivity contribution in [1.82, 2.24) is 14.9 Å². The summed E-state index contributed by atoms with van der Waals surface area (Å²) in [6.45, 7) is 2.25. The quantitative estimate of drug-likeness (QED) is 0.497. The molecule has 7 nitrogen and oxygen atoms in total. The van der Waals surface area contributed by atoms with Gasteiger partial charge in [-0.3, -0.25) is 4.84 Å². The van der Waals surface area contributed by atoms with Crippen LogP contribution in [0.2, 0.25) is 0 Å². The van der Waals surface area contributed by atoms with Gasteiger partial charge < -0.3 is 15.1 Å². The Labute approximate surface area is 208 Å². The van der Waals surface area contributed by atoms with Crippen LogP contribution in [-0.4, -0.2) is 54.7 Å². The molecule has 2 fully saturated rings. The standard InChI is InChI=1S/C26H29F3N6O/c1-33(2)21-12-14-34(17-21)20-10-8-19(9-11-20)31-25-30-16-22(26(27,28)29)24(32-25)35-23(13-15-36-35)18-6-4-3-5-7-18/h3-11,16,21,23H,12-15,17H2,1-2H3,(H,30,31,32)/t21-,23+/m1/s1. The number of hydrogen-bond donors (Lipinski definition) is 1. The molecule has 190 valence electrons. The summed E-state index contributed by atoms with van der Waals surface area (Å²) >= 11 is 0. The lowest BCUT2D eigenvalue weighted by molar-refractivity contribution is -0.138. The molecule has 0 unspecified atom stereocenters. The van der Waals surface area contributed by atoms with Gasteiger partial charge in [-0.05, 0) is 50.3 Å². The Bertz CT molecular complexity index is 1170. The highest BCUT2D eigenvalue weighted by atomic mass is 19.4. The molecular formula is C26H29F3N6O. The lowest BCUT2D eigenvalue weighted by Crippen LogP contribution is -2.31. The van der Waals surface area contributed by atoms with Gasteiger partial charge in [0.1, 0.15) is 5.56 Å². The number of alkyl halides is 3. The van der Waals surface area contributed by atoms with E-state index in [-0.39, 0.29) is 17.8 Å². The summed E-state index contributed by atoms with van der Waals surface area (Å²) in [5.41, 5.74) is 1.73. The van der Waals surface area contributed by atoms with E-state index < -0.39 is 11.7 Å². The number of anilines is 4. The van der Waals surface area contributed by atoms with Gasteiger partial charge in [-0.25, -0.2) is 10.0 Å². The van der Waals surface area contributed by atoms with Crippen LogP contribution in [0.1, 0.15) is 30.0 Å². The number of nitrogens with zero attached hydrogens (tertiary/aromatic N) is 5. The number of halogens is 3. The van der Waals surface area contributed by atoms with E-state index >= 15 is 0 Å². The molecule has 0 saturated carbocycles. The predicted octanol–water partition coefficient (Wildman–Crippen LogP) is 5.26.